The van der Waals surface area contributed by atoms with E-state index in [1.54, 1.807) is 0 Å². The van der Waals surface area contributed by atoms with Gasteiger partial charge in [-0.25, -0.2) is 0 Å². The Morgan fingerprint density at radius 1 is 1.29 bits per heavy atom. The number of amides is 1. The van der Waals surface area contributed by atoms with Gasteiger partial charge in [0.1, 0.15) is 0 Å². The van der Waals surface area contributed by atoms with Gasteiger partial charge in [-0.05, 0) is 42.6 Å². The average Bonchev–Trinajstić information content (AvgIpc) is 3.10. The number of nitrogens with zero attached hydrogens (tertiary/aromatic N) is 2. The van der Waals surface area contributed by atoms with E-state index in [4.69, 9.17) is 0 Å². The fourth-order valence-corrected chi connectivity index (χ4v) is 5.34. The van der Waals surface area contributed by atoms with Gasteiger partial charge in [0.15, 0.2) is 5.96 Å². The second-order valence-electron chi connectivity index (χ2n) is 7.75. The monoisotopic (exact) mass is 402 g/mol. The van der Waals surface area contributed by atoms with Gasteiger partial charge in [0.05, 0.1) is 0 Å². The van der Waals surface area contributed by atoms with Crippen LogP contribution in [-0.4, -0.2) is 47.4 Å². The number of likely N-dealkylation sites (tertiary alicyclic amines) is 1. The Labute approximate surface area is 173 Å². The van der Waals surface area contributed by atoms with Gasteiger partial charge in [0, 0.05) is 44.4 Å². The first-order chi connectivity index (χ1) is 13.7. The number of hydrogen-bond donors (Lipinski definition) is 2. The van der Waals surface area contributed by atoms with Crippen LogP contribution in [0.1, 0.15) is 56.6 Å². The van der Waals surface area contributed by atoms with Gasteiger partial charge in [-0.15, -0.1) is 0 Å². The third-order valence-corrected chi connectivity index (χ3v) is 6.82. The Kier molecular flexibility index (Phi) is 8.07. The molecule has 5 nitrogen and oxygen atoms in total. The van der Waals surface area contributed by atoms with Crippen molar-refractivity contribution >= 4 is 23.6 Å². The number of aliphatic imine (C=N–C) groups is 1. The molecule has 2 unspecified atom stereocenters. The summed E-state index contributed by atoms with van der Waals surface area (Å²) in [5.74, 6) is 2.36. The molecule has 1 amide bonds. The molecule has 1 aromatic carbocycles. The van der Waals surface area contributed by atoms with Gasteiger partial charge < -0.3 is 15.5 Å². The fourth-order valence-electron chi connectivity index (χ4n) is 4.17. The second-order valence-corrected chi connectivity index (χ2v) is 9.33. The molecular formula is C22H34N4OS. The van der Waals surface area contributed by atoms with E-state index in [-0.39, 0.29) is 5.91 Å². The highest BCUT2D eigenvalue weighted by Gasteiger charge is 2.22. The molecule has 1 saturated carbocycles. The van der Waals surface area contributed by atoms with Gasteiger partial charge in [-0.3, -0.25) is 9.79 Å². The molecule has 0 bridgehead atoms. The van der Waals surface area contributed by atoms with Crippen LogP contribution in [0.5, 0.6) is 0 Å². The minimum Gasteiger partial charge on any atom is -0.354 e. The van der Waals surface area contributed by atoms with Crippen molar-refractivity contribution in [3.8, 4) is 0 Å². The van der Waals surface area contributed by atoms with Crippen molar-refractivity contribution in [2.75, 3.05) is 19.3 Å². The van der Waals surface area contributed by atoms with Crippen molar-refractivity contribution in [3.05, 3.63) is 35.4 Å². The molecule has 0 aromatic heterocycles. The van der Waals surface area contributed by atoms with Crippen LogP contribution in [0.2, 0.25) is 0 Å². The SMILES string of the molecule is CCSC1CCCC(NC(=NC)NCc2cccc(CN3CCCC3=O)c2)C1. The zero-order chi connectivity index (χ0) is 19.8. The van der Waals surface area contributed by atoms with Crippen LogP contribution in [0.15, 0.2) is 29.3 Å². The molecule has 2 atom stereocenters. The number of benzene rings is 1. The summed E-state index contributed by atoms with van der Waals surface area (Å²) < 4.78 is 0. The molecule has 0 radical (unpaired) electrons. The van der Waals surface area contributed by atoms with Gasteiger partial charge in [-0.2, -0.15) is 11.8 Å². The van der Waals surface area contributed by atoms with E-state index < -0.39 is 0 Å². The van der Waals surface area contributed by atoms with E-state index in [9.17, 15) is 4.79 Å². The first kappa shape index (κ1) is 21.0. The molecule has 6 heteroatoms. The Morgan fingerprint density at radius 2 is 2.14 bits per heavy atom. The molecule has 154 valence electrons. The van der Waals surface area contributed by atoms with Crippen LogP contribution >= 0.6 is 11.8 Å². The van der Waals surface area contributed by atoms with Gasteiger partial charge >= 0.3 is 0 Å². The molecule has 1 heterocycles. The van der Waals surface area contributed by atoms with E-state index in [0.717, 1.165) is 37.3 Å². The first-order valence-electron chi connectivity index (χ1n) is 10.6. The highest BCUT2D eigenvalue weighted by Crippen LogP contribution is 2.28. The van der Waals surface area contributed by atoms with E-state index in [2.05, 4.69) is 58.6 Å². The lowest BCUT2D eigenvalue weighted by molar-refractivity contribution is -0.128. The standard InChI is InChI=1S/C22H34N4OS/c1-3-28-20-10-5-9-19(14-20)25-22(23-2)24-15-17-7-4-8-18(13-17)16-26-12-6-11-21(26)27/h4,7-8,13,19-20H,3,5-6,9-12,14-16H2,1-2H3,(H2,23,24,25). The van der Waals surface area contributed by atoms with Gasteiger partial charge in [0.25, 0.3) is 0 Å². The van der Waals surface area contributed by atoms with Crippen LogP contribution in [0.4, 0.5) is 0 Å². The van der Waals surface area contributed by atoms with Crippen molar-refractivity contribution < 1.29 is 4.79 Å². The van der Waals surface area contributed by atoms with Crippen molar-refractivity contribution in [3.63, 3.8) is 0 Å². The summed E-state index contributed by atoms with van der Waals surface area (Å²) in [7, 11) is 1.84. The Balaban J connectivity index is 1.49. The lowest BCUT2D eigenvalue weighted by atomic mass is 9.95. The number of hydrogen-bond acceptors (Lipinski definition) is 3. The van der Waals surface area contributed by atoms with Crippen LogP contribution in [-0.2, 0) is 17.9 Å². The van der Waals surface area contributed by atoms with Crippen LogP contribution in [0.25, 0.3) is 0 Å². The number of guanidine groups is 1. The zero-order valence-electron chi connectivity index (χ0n) is 17.2. The van der Waals surface area contributed by atoms with Crippen LogP contribution < -0.4 is 10.6 Å². The highest BCUT2D eigenvalue weighted by molar-refractivity contribution is 7.99. The summed E-state index contributed by atoms with van der Waals surface area (Å²) in [5.41, 5.74) is 2.42. The Morgan fingerprint density at radius 3 is 2.89 bits per heavy atom. The summed E-state index contributed by atoms with van der Waals surface area (Å²) in [5, 5.41) is 7.85. The maximum absolute atomic E-state index is 11.9. The van der Waals surface area contributed by atoms with E-state index in [1.807, 2.05) is 11.9 Å². The molecule has 1 aliphatic heterocycles. The number of carbonyl (C=O) groups excluding carboxylic acids is 1. The molecule has 1 aromatic rings. The number of rotatable bonds is 7. The zero-order valence-corrected chi connectivity index (χ0v) is 18.1. The summed E-state index contributed by atoms with van der Waals surface area (Å²) in [6.45, 7) is 4.59. The van der Waals surface area contributed by atoms with E-state index in [0.29, 0.717) is 12.5 Å². The Bertz CT molecular complexity index is 676. The third kappa shape index (κ3) is 6.16. The number of thioether (sulfide) groups is 1. The molecule has 3 rings (SSSR count). The smallest absolute Gasteiger partial charge is 0.222 e. The fraction of sp³-hybridized carbons (Fsp3) is 0.636. The van der Waals surface area contributed by atoms with Crippen molar-refractivity contribution in [1.82, 2.24) is 15.5 Å². The average molecular weight is 403 g/mol. The lowest BCUT2D eigenvalue weighted by Crippen LogP contribution is -2.45. The number of carbonyl (C=O) groups is 1. The molecule has 2 N–H and O–H groups in total. The van der Waals surface area contributed by atoms with E-state index >= 15 is 0 Å². The van der Waals surface area contributed by atoms with Crippen LogP contribution in [0.3, 0.4) is 0 Å². The van der Waals surface area contributed by atoms with Crippen molar-refractivity contribution in [2.24, 2.45) is 4.99 Å². The topological polar surface area (TPSA) is 56.7 Å². The molecule has 28 heavy (non-hydrogen) atoms. The second kappa shape index (κ2) is 10.7. The Hall–Kier alpha value is -1.69. The molecule has 2 fully saturated rings. The summed E-state index contributed by atoms with van der Waals surface area (Å²) in [4.78, 5) is 18.2. The maximum atomic E-state index is 11.9. The normalized spacial score (nSPS) is 23.1. The lowest BCUT2D eigenvalue weighted by Gasteiger charge is -2.30. The summed E-state index contributed by atoms with van der Waals surface area (Å²) in [6.07, 6.45) is 6.76. The largest absolute Gasteiger partial charge is 0.354 e. The van der Waals surface area contributed by atoms with Gasteiger partial charge in [0.2, 0.25) is 5.91 Å². The number of nitrogens with one attached hydrogen (secondary N) is 2. The summed E-state index contributed by atoms with van der Waals surface area (Å²) in [6, 6.07) is 9.02. The quantitative estimate of drug-likeness (QED) is 0.541. The van der Waals surface area contributed by atoms with E-state index in [1.165, 1.54) is 42.6 Å². The molecule has 0 spiro atoms. The third-order valence-electron chi connectivity index (χ3n) is 5.59. The summed E-state index contributed by atoms with van der Waals surface area (Å²) >= 11 is 2.09. The van der Waals surface area contributed by atoms with Crippen molar-refractivity contribution in [2.45, 2.75) is 69.8 Å². The minimum absolute atomic E-state index is 0.278. The maximum Gasteiger partial charge on any atom is 0.222 e. The molecule has 1 saturated heterocycles. The van der Waals surface area contributed by atoms with Gasteiger partial charge in [-0.1, -0.05) is 37.6 Å². The first-order valence-corrected chi connectivity index (χ1v) is 11.7. The molecule has 2 aliphatic rings. The van der Waals surface area contributed by atoms with Crippen LogP contribution in [0, 0.1) is 0 Å². The minimum atomic E-state index is 0.278. The highest BCUT2D eigenvalue weighted by atomic mass is 32.2. The molecule has 1 aliphatic carbocycles. The molecular weight excluding hydrogens is 368 g/mol. The predicted molar refractivity (Wildman–Crippen MR) is 119 cm³/mol. The predicted octanol–water partition coefficient (Wildman–Crippen LogP) is 3.54. The van der Waals surface area contributed by atoms with Crippen molar-refractivity contribution in [1.29, 1.82) is 0 Å².